The summed E-state index contributed by atoms with van der Waals surface area (Å²) in [5, 5.41) is 0. The molecule has 0 N–H and O–H groups in total. The first-order valence-electron chi connectivity index (χ1n) is 16.0. The van der Waals surface area contributed by atoms with Gasteiger partial charge in [0.15, 0.2) is 0 Å². The molecule has 0 saturated heterocycles. The normalized spacial score (nSPS) is 10.4. The van der Waals surface area contributed by atoms with Gasteiger partial charge in [0, 0.05) is 11.1 Å². The Hall–Kier alpha value is -1.58. The van der Waals surface area contributed by atoms with Crippen molar-refractivity contribution < 1.29 is 19.1 Å². The highest BCUT2D eigenvalue weighted by Crippen LogP contribution is 2.12. The Morgan fingerprint density at radius 3 is 0.842 bits per heavy atom. The van der Waals surface area contributed by atoms with Gasteiger partial charge in [-0.25, -0.2) is 9.59 Å². The van der Waals surface area contributed by atoms with Crippen molar-refractivity contribution in [3.05, 3.63) is 24.3 Å². The van der Waals surface area contributed by atoms with Crippen LogP contribution in [0.2, 0.25) is 0 Å². The molecule has 0 spiro atoms. The van der Waals surface area contributed by atoms with Gasteiger partial charge >= 0.3 is 11.9 Å². The van der Waals surface area contributed by atoms with E-state index in [1.807, 2.05) is 0 Å². The third-order valence-electron chi connectivity index (χ3n) is 6.66. The molecule has 0 aromatic heterocycles. The molecule has 38 heavy (non-hydrogen) atoms. The fourth-order valence-electron chi connectivity index (χ4n) is 4.11. The Bertz CT molecular complexity index is 567. The van der Waals surface area contributed by atoms with Crippen LogP contribution in [0.15, 0.2) is 24.3 Å². The van der Waals surface area contributed by atoms with E-state index in [0.717, 1.165) is 12.8 Å². The molecule has 0 atom stereocenters. The monoisotopic (exact) mass is 536 g/mol. The summed E-state index contributed by atoms with van der Waals surface area (Å²) in [4.78, 5) is 22.2. The second-order valence-electron chi connectivity index (χ2n) is 10.9. The Labute approximate surface area is 237 Å². The largest absolute Gasteiger partial charge is 0.462 e. The zero-order valence-corrected chi connectivity index (χ0v) is 26.0. The topological polar surface area (TPSA) is 52.6 Å². The molecule has 0 aliphatic heterocycles. The molecule has 0 rings (SSSR count). The van der Waals surface area contributed by atoms with Crippen LogP contribution in [-0.4, -0.2) is 25.2 Å². The summed E-state index contributed by atoms with van der Waals surface area (Å²) in [6, 6.07) is 0. The molecular weight excluding hydrogens is 472 g/mol. The maximum atomic E-state index is 11.1. The van der Waals surface area contributed by atoms with Crippen LogP contribution < -0.4 is 0 Å². The average Bonchev–Trinajstić information content (AvgIpc) is 2.89. The van der Waals surface area contributed by atoms with Gasteiger partial charge in [-0.3, -0.25) is 0 Å². The third-order valence-corrected chi connectivity index (χ3v) is 6.66. The average molecular weight is 537 g/mol. The van der Waals surface area contributed by atoms with Crippen molar-refractivity contribution in [2.75, 3.05) is 13.2 Å². The van der Waals surface area contributed by atoms with Gasteiger partial charge < -0.3 is 9.47 Å². The van der Waals surface area contributed by atoms with Gasteiger partial charge in [0.1, 0.15) is 0 Å². The fraction of sp³-hybridized carbons (Fsp3) is 0.824. The number of esters is 2. The van der Waals surface area contributed by atoms with E-state index < -0.39 is 0 Å². The summed E-state index contributed by atoms with van der Waals surface area (Å²) in [7, 11) is 0. The molecular formula is C34H64O4. The molecule has 0 amide bonds. The molecule has 0 unspecified atom stereocenters. The molecule has 0 saturated carbocycles. The van der Waals surface area contributed by atoms with Gasteiger partial charge in [0.05, 0.1) is 13.2 Å². The minimum Gasteiger partial charge on any atom is -0.462 e. The van der Waals surface area contributed by atoms with E-state index in [4.69, 9.17) is 9.47 Å². The van der Waals surface area contributed by atoms with Gasteiger partial charge in [-0.1, -0.05) is 155 Å². The smallest absolute Gasteiger partial charge is 0.333 e. The standard InChI is InChI=1S/C18H34O2.C16H30O2/c1-4-5-6-7-8-9-10-11-12-13-14-15-16-20-18(19)17(2)3;1-4-5-6-7-8-9-10-11-12-13-14-18-16(17)15(2)3/h2,4-16H2,1,3H3;2,4-14H2,1,3H3. The highest BCUT2D eigenvalue weighted by molar-refractivity contribution is 5.87. The van der Waals surface area contributed by atoms with Crippen molar-refractivity contribution in [2.45, 2.75) is 169 Å². The van der Waals surface area contributed by atoms with Gasteiger partial charge in [0.25, 0.3) is 0 Å². The molecule has 0 fully saturated rings. The summed E-state index contributed by atoms with van der Waals surface area (Å²) in [5.41, 5.74) is 0.978. The van der Waals surface area contributed by atoms with Crippen molar-refractivity contribution >= 4 is 11.9 Å². The van der Waals surface area contributed by atoms with Gasteiger partial charge in [0.2, 0.25) is 0 Å². The number of ether oxygens (including phenoxy) is 2. The highest BCUT2D eigenvalue weighted by atomic mass is 16.5. The van der Waals surface area contributed by atoms with E-state index in [2.05, 4.69) is 27.0 Å². The summed E-state index contributed by atoms with van der Waals surface area (Å²) in [5.74, 6) is -0.515. The molecule has 0 aliphatic carbocycles. The quantitative estimate of drug-likeness (QED) is 0.0626. The number of carbonyl (C=O) groups is 2. The van der Waals surface area contributed by atoms with Crippen LogP contribution in [0, 0.1) is 0 Å². The second kappa shape index (κ2) is 31.6. The first kappa shape index (κ1) is 38.6. The van der Waals surface area contributed by atoms with Crippen LogP contribution in [0.1, 0.15) is 169 Å². The first-order valence-corrected chi connectivity index (χ1v) is 16.0. The Kier molecular flexibility index (Phi) is 32.1. The van der Waals surface area contributed by atoms with E-state index >= 15 is 0 Å². The van der Waals surface area contributed by atoms with Gasteiger partial charge in [-0.05, 0) is 26.7 Å². The van der Waals surface area contributed by atoms with E-state index in [1.165, 1.54) is 128 Å². The third kappa shape index (κ3) is 32.4. The van der Waals surface area contributed by atoms with Crippen LogP contribution in [0.25, 0.3) is 0 Å². The molecule has 4 heteroatoms. The SMILES string of the molecule is C=C(C)C(=O)OCCCCCCCCCCCC.C=C(C)C(=O)OCCCCCCCCCCCCCC. The summed E-state index contributed by atoms with van der Waals surface area (Å²) >= 11 is 0. The minimum atomic E-state index is -0.258. The molecule has 0 aromatic rings. The molecule has 0 radical (unpaired) electrons. The van der Waals surface area contributed by atoms with E-state index in [-0.39, 0.29) is 11.9 Å². The summed E-state index contributed by atoms with van der Waals surface area (Å²) in [6.07, 6.45) is 28.8. The van der Waals surface area contributed by atoms with E-state index in [9.17, 15) is 9.59 Å². The first-order chi connectivity index (χ1) is 18.4. The fourth-order valence-corrected chi connectivity index (χ4v) is 4.11. The lowest BCUT2D eigenvalue weighted by Crippen LogP contribution is -2.05. The van der Waals surface area contributed by atoms with Crippen LogP contribution >= 0.6 is 0 Å². The Morgan fingerprint density at radius 2 is 0.632 bits per heavy atom. The second-order valence-corrected chi connectivity index (χ2v) is 10.9. The minimum absolute atomic E-state index is 0.256. The predicted octanol–water partition coefficient (Wildman–Crippen LogP) is 10.8. The van der Waals surface area contributed by atoms with Gasteiger partial charge in [-0.15, -0.1) is 0 Å². The summed E-state index contributed by atoms with van der Waals surface area (Å²) < 4.78 is 10.1. The maximum Gasteiger partial charge on any atom is 0.333 e. The number of hydrogen-bond acceptors (Lipinski definition) is 4. The highest BCUT2D eigenvalue weighted by Gasteiger charge is 2.02. The van der Waals surface area contributed by atoms with Crippen molar-refractivity contribution in [2.24, 2.45) is 0 Å². The maximum absolute atomic E-state index is 11.1. The molecule has 0 heterocycles. The van der Waals surface area contributed by atoms with Crippen molar-refractivity contribution in [1.82, 2.24) is 0 Å². The van der Waals surface area contributed by atoms with Gasteiger partial charge in [-0.2, -0.15) is 0 Å². The number of hydrogen-bond donors (Lipinski definition) is 0. The molecule has 0 bridgehead atoms. The van der Waals surface area contributed by atoms with Crippen LogP contribution in [-0.2, 0) is 19.1 Å². The number of carbonyl (C=O) groups excluding carboxylic acids is 2. The predicted molar refractivity (Wildman–Crippen MR) is 164 cm³/mol. The van der Waals surface area contributed by atoms with Crippen molar-refractivity contribution in [3.8, 4) is 0 Å². The molecule has 4 nitrogen and oxygen atoms in total. The molecule has 0 aliphatic rings. The van der Waals surface area contributed by atoms with E-state index in [0.29, 0.717) is 24.4 Å². The van der Waals surface area contributed by atoms with Crippen molar-refractivity contribution in [1.29, 1.82) is 0 Å². The molecule has 0 aromatic carbocycles. The molecule has 224 valence electrons. The van der Waals surface area contributed by atoms with Crippen LogP contribution in [0.5, 0.6) is 0 Å². The lowest BCUT2D eigenvalue weighted by Gasteiger charge is -2.04. The lowest BCUT2D eigenvalue weighted by molar-refractivity contribution is -0.139. The zero-order valence-electron chi connectivity index (χ0n) is 26.0. The van der Waals surface area contributed by atoms with Crippen LogP contribution in [0.4, 0.5) is 0 Å². The number of rotatable bonds is 26. The van der Waals surface area contributed by atoms with Crippen molar-refractivity contribution in [3.63, 3.8) is 0 Å². The summed E-state index contributed by atoms with van der Waals surface area (Å²) in [6.45, 7) is 16.1. The zero-order chi connectivity index (χ0) is 28.7. The number of unbranched alkanes of at least 4 members (excludes halogenated alkanes) is 20. The Morgan fingerprint density at radius 1 is 0.421 bits per heavy atom. The lowest BCUT2D eigenvalue weighted by atomic mass is 10.1. The van der Waals surface area contributed by atoms with Crippen LogP contribution in [0.3, 0.4) is 0 Å². The van der Waals surface area contributed by atoms with E-state index in [1.54, 1.807) is 13.8 Å². The Balaban J connectivity index is 0.